The van der Waals surface area contributed by atoms with Crippen LogP contribution < -0.4 is 21.8 Å². The molecule has 1 atom stereocenters. The minimum Gasteiger partial charge on any atom is -0.365 e. The highest BCUT2D eigenvalue weighted by molar-refractivity contribution is 6.00. The Balaban J connectivity index is 3.28. The average Bonchev–Trinajstić information content (AvgIpc) is 2.66. The number of nitrogens with zero attached hydrogens (tertiary/aromatic N) is 2. The molecule has 1 aromatic rings. The van der Waals surface area contributed by atoms with Crippen LogP contribution in [0, 0.1) is 16.0 Å². The van der Waals surface area contributed by atoms with E-state index < -0.39 is 28.5 Å². The predicted molar refractivity (Wildman–Crippen MR) is 124 cm³/mol. The van der Waals surface area contributed by atoms with Crippen LogP contribution in [0.4, 0.5) is 0 Å². The normalized spacial score (nSPS) is 13.9. The summed E-state index contributed by atoms with van der Waals surface area (Å²) in [5, 5.41) is 15.3. The van der Waals surface area contributed by atoms with Gasteiger partial charge in [0.1, 0.15) is 0 Å². The summed E-state index contributed by atoms with van der Waals surface area (Å²) in [7, 11) is 0. The molecule has 0 fully saturated rings. The lowest BCUT2D eigenvalue weighted by molar-refractivity contribution is -0.525. The van der Waals surface area contributed by atoms with Crippen LogP contribution in [-0.4, -0.2) is 35.0 Å². The zero-order valence-electron chi connectivity index (χ0n) is 19.8. The van der Waals surface area contributed by atoms with E-state index in [-0.39, 0.29) is 11.8 Å². The lowest BCUT2D eigenvalue weighted by Gasteiger charge is -2.30. The number of aliphatic imine (C=N–C) groups is 1. The summed E-state index contributed by atoms with van der Waals surface area (Å²) in [5.41, 5.74) is 6.91. The van der Waals surface area contributed by atoms with Crippen molar-refractivity contribution < 1.29 is 14.6 Å². The molecule has 0 aliphatic heterocycles. The van der Waals surface area contributed by atoms with Crippen LogP contribution in [0.3, 0.4) is 0 Å². The largest absolute Gasteiger partial charge is 0.365 e. The first-order valence-electron chi connectivity index (χ1n) is 10.8. The number of hydrogen-bond acceptors (Lipinski definition) is 5. The van der Waals surface area contributed by atoms with Gasteiger partial charge in [-0.1, -0.05) is 65.5 Å². The molecule has 0 aliphatic rings. The van der Waals surface area contributed by atoms with E-state index in [1.807, 2.05) is 32.9 Å². The number of guanidine groups is 1. The highest BCUT2D eigenvalue weighted by Crippen LogP contribution is 2.23. The van der Waals surface area contributed by atoms with Gasteiger partial charge in [-0.2, -0.15) is 0 Å². The number of amides is 2. The Kier molecular flexibility index (Phi) is 9.61. The summed E-state index contributed by atoms with van der Waals surface area (Å²) >= 11 is 0. The van der Waals surface area contributed by atoms with Gasteiger partial charge in [0.05, 0.1) is 0 Å². The zero-order chi connectivity index (χ0) is 24.5. The smallest absolute Gasteiger partial charge is 0.268 e. The summed E-state index contributed by atoms with van der Waals surface area (Å²) < 4.78 is 0. The number of hydrogen-bond donors (Lipinski definition) is 4. The summed E-state index contributed by atoms with van der Waals surface area (Å²) in [6.07, 6.45) is 1.30. The van der Waals surface area contributed by atoms with Crippen LogP contribution >= 0.6 is 0 Å². The maximum atomic E-state index is 13.1. The molecule has 0 aliphatic carbocycles. The van der Waals surface area contributed by atoms with E-state index in [0.29, 0.717) is 24.4 Å². The van der Waals surface area contributed by atoms with Crippen LogP contribution in [-0.2, 0) is 10.2 Å². The van der Waals surface area contributed by atoms with Crippen LogP contribution in [0.2, 0.25) is 0 Å². The Labute approximate surface area is 189 Å². The maximum absolute atomic E-state index is 13.1. The van der Waals surface area contributed by atoms with Crippen molar-refractivity contribution in [3.05, 3.63) is 45.5 Å². The van der Waals surface area contributed by atoms with Gasteiger partial charge in [-0.3, -0.25) is 9.59 Å². The van der Waals surface area contributed by atoms with E-state index in [9.17, 15) is 19.7 Å². The van der Waals surface area contributed by atoms with Crippen molar-refractivity contribution in [1.29, 1.82) is 0 Å². The van der Waals surface area contributed by atoms with Gasteiger partial charge in [0.15, 0.2) is 5.03 Å². The first-order chi connectivity index (χ1) is 14.8. The van der Waals surface area contributed by atoms with E-state index >= 15 is 0 Å². The molecule has 1 aromatic carbocycles. The molecule has 0 heterocycles. The van der Waals surface area contributed by atoms with Gasteiger partial charge in [-0.15, -0.1) is 0 Å². The standard InChI is InChI=1S/C22H36N6O4/c1-7-13-22(26-20(23)27-28(31)32,19(30)24-14-12-15(2)3)25-18(29)16-8-10-17(11-9-16)21(4,5)6/h8-11,15H,7,12-14H2,1-6H3,(H,24,30)(H,25,29)(H3,23,26,27)/t22-/m1/s1. The molecule has 0 spiro atoms. The maximum Gasteiger partial charge on any atom is 0.268 e. The van der Waals surface area contributed by atoms with E-state index in [1.54, 1.807) is 17.6 Å². The third-order valence-corrected chi connectivity index (χ3v) is 4.85. The van der Waals surface area contributed by atoms with Crippen LogP contribution in [0.15, 0.2) is 29.3 Å². The minimum atomic E-state index is -1.79. The average molecular weight is 449 g/mol. The molecule has 2 amide bonds. The van der Waals surface area contributed by atoms with Crippen LogP contribution in [0.5, 0.6) is 0 Å². The van der Waals surface area contributed by atoms with Crippen molar-refractivity contribution in [3.8, 4) is 0 Å². The Morgan fingerprint density at radius 3 is 2.25 bits per heavy atom. The molecule has 1 rings (SSSR count). The molecular formula is C22H36N6O4. The lowest BCUT2D eigenvalue weighted by atomic mass is 9.86. The first-order valence-corrected chi connectivity index (χ1v) is 10.8. The van der Waals surface area contributed by atoms with Crippen molar-refractivity contribution >= 4 is 17.8 Å². The number of carbonyl (C=O) groups excluding carboxylic acids is 2. The van der Waals surface area contributed by atoms with Crippen molar-refractivity contribution in [1.82, 2.24) is 16.1 Å². The molecule has 10 heteroatoms. The van der Waals surface area contributed by atoms with Gasteiger partial charge >= 0.3 is 0 Å². The Bertz CT molecular complexity index is 830. The molecule has 0 bridgehead atoms. The Hall–Kier alpha value is -3.17. The van der Waals surface area contributed by atoms with E-state index in [0.717, 1.165) is 12.0 Å². The molecule has 0 radical (unpaired) electrons. The fourth-order valence-electron chi connectivity index (χ4n) is 3.06. The fourth-order valence-corrected chi connectivity index (χ4v) is 3.06. The second-order valence-corrected chi connectivity index (χ2v) is 9.20. The van der Waals surface area contributed by atoms with Gasteiger partial charge in [-0.05, 0) is 35.4 Å². The Morgan fingerprint density at radius 2 is 1.78 bits per heavy atom. The van der Waals surface area contributed by atoms with Gasteiger partial charge in [0.25, 0.3) is 17.8 Å². The summed E-state index contributed by atoms with van der Waals surface area (Å²) in [5.74, 6) is -1.33. The molecule has 10 nitrogen and oxygen atoms in total. The number of benzene rings is 1. The molecule has 0 saturated heterocycles. The van der Waals surface area contributed by atoms with Gasteiger partial charge < -0.3 is 16.4 Å². The van der Waals surface area contributed by atoms with Crippen molar-refractivity contribution in [3.63, 3.8) is 0 Å². The summed E-state index contributed by atoms with van der Waals surface area (Å²) in [6, 6.07) is 7.05. The number of hydrazine groups is 1. The molecule has 0 unspecified atom stereocenters. The number of carbonyl (C=O) groups is 2. The molecule has 178 valence electrons. The van der Waals surface area contributed by atoms with Crippen molar-refractivity contribution in [2.75, 3.05) is 6.54 Å². The Morgan fingerprint density at radius 1 is 1.19 bits per heavy atom. The molecule has 5 N–H and O–H groups in total. The van der Waals surface area contributed by atoms with Crippen molar-refractivity contribution in [2.45, 2.75) is 71.9 Å². The summed E-state index contributed by atoms with van der Waals surface area (Å²) in [6.45, 7) is 12.4. The highest BCUT2D eigenvalue weighted by Gasteiger charge is 2.40. The van der Waals surface area contributed by atoms with E-state index in [1.165, 1.54) is 0 Å². The monoisotopic (exact) mass is 448 g/mol. The molecular weight excluding hydrogens is 412 g/mol. The van der Waals surface area contributed by atoms with Crippen LogP contribution in [0.25, 0.3) is 0 Å². The molecule has 0 aromatic heterocycles. The van der Waals surface area contributed by atoms with Gasteiger partial charge in [0, 0.05) is 18.5 Å². The van der Waals surface area contributed by atoms with E-state index in [4.69, 9.17) is 5.73 Å². The number of nitro groups is 1. The third-order valence-electron chi connectivity index (χ3n) is 4.85. The van der Waals surface area contributed by atoms with Crippen molar-refractivity contribution in [2.24, 2.45) is 16.6 Å². The topological polar surface area (TPSA) is 152 Å². The van der Waals surface area contributed by atoms with Gasteiger partial charge in [-0.25, -0.2) is 15.1 Å². The second kappa shape index (κ2) is 11.4. The van der Waals surface area contributed by atoms with E-state index in [2.05, 4.69) is 36.4 Å². The molecule has 0 saturated carbocycles. The quantitative estimate of drug-likeness (QED) is 0.187. The number of rotatable bonds is 10. The fraction of sp³-hybridized carbons (Fsp3) is 0.591. The second-order valence-electron chi connectivity index (χ2n) is 9.20. The first kappa shape index (κ1) is 26.9. The number of nitrogens with one attached hydrogen (secondary N) is 3. The lowest BCUT2D eigenvalue weighted by Crippen LogP contribution is -2.59. The third kappa shape index (κ3) is 8.16. The minimum absolute atomic E-state index is 0.0791. The van der Waals surface area contributed by atoms with Crippen LogP contribution in [0.1, 0.15) is 76.7 Å². The molecule has 32 heavy (non-hydrogen) atoms. The SMILES string of the molecule is CCC[C@](N=C(N)N[N+](=O)[O-])(NC(=O)c1ccc(C(C)(C)C)cc1)C(=O)NCCC(C)C. The zero-order valence-corrected chi connectivity index (χ0v) is 19.8. The summed E-state index contributed by atoms with van der Waals surface area (Å²) in [4.78, 5) is 41.0. The predicted octanol–water partition coefficient (Wildman–Crippen LogP) is 2.47. The highest BCUT2D eigenvalue weighted by atomic mass is 16.7. The number of nitrogens with two attached hydrogens (primary N) is 1. The van der Waals surface area contributed by atoms with Gasteiger partial charge in [0.2, 0.25) is 5.66 Å².